The standard InChI is InChI=1S/C16H20F11NO2/c17-11(15(22,23)24)13(19,20)6-9-7-30-10(8-29-9)14(21,16(25,26)27)12(18)28-4-2-1-3-5-28/h9-12H,1-8H2. The third-order valence-electron chi connectivity index (χ3n) is 5.09. The average molecular weight is 467 g/mol. The number of hydrogen-bond acceptors (Lipinski definition) is 3. The molecule has 2 aliphatic heterocycles. The van der Waals surface area contributed by atoms with Gasteiger partial charge < -0.3 is 9.47 Å². The molecule has 2 saturated heterocycles. The van der Waals surface area contributed by atoms with Gasteiger partial charge in [0.2, 0.25) is 0 Å². The second-order valence-corrected chi connectivity index (χ2v) is 7.34. The SMILES string of the molecule is FC(C(F)(F)F)C(F)(F)CC1COC(C(F)(C(F)N2CCCCC2)C(F)(F)F)CO1. The van der Waals surface area contributed by atoms with Crippen LogP contribution in [-0.4, -0.2) is 79.8 Å². The molecule has 2 aliphatic rings. The lowest BCUT2D eigenvalue weighted by Crippen LogP contribution is -2.66. The van der Waals surface area contributed by atoms with E-state index in [1.54, 1.807) is 0 Å². The zero-order valence-corrected chi connectivity index (χ0v) is 15.4. The van der Waals surface area contributed by atoms with Crippen LogP contribution < -0.4 is 0 Å². The van der Waals surface area contributed by atoms with Crippen LogP contribution in [0, 0.1) is 0 Å². The number of piperidine rings is 1. The van der Waals surface area contributed by atoms with Crippen LogP contribution in [0.25, 0.3) is 0 Å². The Balaban J connectivity index is 2.07. The first-order chi connectivity index (χ1) is 13.6. The molecule has 0 N–H and O–H groups in total. The number of halogens is 11. The summed E-state index contributed by atoms with van der Waals surface area (Å²) in [5, 5.41) is 0. The summed E-state index contributed by atoms with van der Waals surface area (Å²) in [6.45, 7) is -2.82. The number of alkyl halides is 11. The second-order valence-electron chi connectivity index (χ2n) is 7.34. The lowest BCUT2D eigenvalue weighted by Gasteiger charge is -2.44. The summed E-state index contributed by atoms with van der Waals surface area (Å²) in [6, 6.07) is 0. The number of rotatable bonds is 6. The summed E-state index contributed by atoms with van der Waals surface area (Å²) in [6.07, 6.45) is -24.4. The number of hydrogen-bond donors (Lipinski definition) is 0. The Hall–Kier alpha value is -0.890. The molecule has 2 rings (SSSR count). The molecule has 0 aliphatic carbocycles. The van der Waals surface area contributed by atoms with E-state index in [0.29, 0.717) is 24.2 Å². The normalized spacial score (nSPS) is 29.3. The van der Waals surface area contributed by atoms with Gasteiger partial charge in [-0.25, -0.2) is 22.0 Å². The third-order valence-corrected chi connectivity index (χ3v) is 5.09. The highest BCUT2D eigenvalue weighted by molar-refractivity contribution is 5.02. The highest BCUT2D eigenvalue weighted by Crippen LogP contribution is 2.45. The minimum absolute atomic E-state index is 0.138. The van der Waals surface area contributed by atoms with Gasteiger partial charge in [-0.05, 0) is 12.8 Å². The Labute approximate surface area is 164 Å². The highest BCUT2D eigenvalue weighted by Gasteiger charge is 2.69. The number of ether oxygens (including phenoxy) is 2. The van der Waals surface area contributed by atoms with E-state index in [1.807, 2.05) is 0 Å². The summed E-state index contributed by atoms with van der Waals surface area (Å²) in [7, 11) is 0. The average Bonchev–Trinajstić information content (AvgIpc) is 2.65. The molecule has 0 aromatic heterocycles. The van der Waals surface area contributed by atoms with E-state index in [2.05, 4.69) is 9.47 Å². The van der Waals surface area contributed by atoms with Gasteiger partial charge in [0.25, 0.3) is 17.8 Å². The van der Waals surface area contributed by atoms with Crippen molar-refractivity contribution in [1.29, 1.82) is 0 Å². The maximum absolute atomic E-state index is 15.0. The summed E-state index contributed by atoms with van der Waals surface area (Å²) < 4.78 is 155. The van der Waals surface area contributed by atoms with Gasteiger partial charge in [0, 0.05) is 19.5 Å². The molecular formula is C16H20F11NO2. The fourth-order valence-electron chi connectivity index (χ4n) is 3.43. The van der Waals surface area contributed by atoms with E-state index < -0.39 is 68.3 Å². The topological polar surface area (TPSA) is 21.7 Å². The first-order valence-corrected chi connectivity index (χ1v) is 9.06. The molecule has 0 amide bonds. The Morgan fingerprint density at radius 1 is 0.800 bits per heavy atom. The van der Waals surface area contributed by atoms with Crippen molar-refractivity contribution in [1.82, 2.24) is 4.90 Å². The molecule has 5 unspecified atom stereocenters. The third kappa shape index (κ3) is 5.29. The minimum Gasteiger partial charge on any atom is -0.373 e. The molecule has 5 atom stereocenters. The first kappa shape index (κ1) is 25.4. The van der Waals surface area contributed by atoms with Crippen molar-refractivity contribution in [2.75, 3.05) is 26.3 Å². The van der Waals surface area contributed by atoms with Crippen LogP contribution in [0.2, 0.25) is 0 Å². The van der Waals surface area contributed by atoms with Gasteiger partial charge in [-0.2, -0.15) is 26.3 Å². The van der Waals surface area contributed by atoms with Crippen LogP contribution in [0.3, 0.4) is 0 Å². The summed E-state index contributed by atoms with van der Waals surface area (Å²) in [4.78, 5) is 0.650. The maximum atomic E-state index is 15.0. The van der Waals surface area contributed by atoms with Crippen LogP contribution in [0.15, 0.2) is 0 Å². The number of nitrogens with zero attached hydrogens (tertiary/aromatic N) is 1. The van der Waals surface area contributed by atoms with Gasteiger partial charge in [0.15, 0.2) is 6.30 Å². The van der Waals surface area contributed by atoms with Crippen LogP contribution >= 0.6 is 0 Å². The van der Waals surface area contributed by atoms with Gasteiger partial charge in [0.05, 0.1) is 19.3 Å². The molecule has 0 bridgehead atoms. The van der Waals surface area contributed by atoms with Crippen LogP contribution in [0.5, 0.6) is 0 Å². The van der Waals surface area contributed by atoms with E-state index in [4.69, 9.17) is 0 Å². The van der Waals surface area contributed by atoms with Gasteiger partial charge >= 0.3 is 12.4 Å². The van der Waals surface area contributed by atoms with Crippen molar-refractivity contribution < 1.29 is 57.8 Å². The minimum atomic E-state index is -5.87. The summed E-state index contributed by atoms with van der Waals surface area (Å²) >= 11 is 0. The Kier molecular flexibility index (Phi) is 7.55. The zero-order valence-electron chi connectivity index (χ0n) is 15.4. The molecule has 3 nitrogen and oxygen atoms in total. The maximum Gasteiger partial charge on any atom is 0.429 e. The predicted molar refractivity (Wildman–Crippen MR) is 80.2 cm³/mol. The highest BCUT2D eigenvalue weighted by atomic mass is 19.4. The van der Waals surface area contributed by atoms with Crippen molar-refractivity contribution in [3.8, 4) is 0 Å². The lowest BCUT2D eigenvalue weighted by atomic mass is 9.93. The predicted octanol–water partition coefficient (Wildman–Crippen LogP) is 4.75. The fourth-order valence-corrected chi connectivity index (χ4v) is 3.43. The van der Waals surface area contributed by atoms with E-state index in [0.717, 1.165) is 0 Å². The monoisotopic (exact) mass is 467 g/mol. The smallest absolute Gasteiger partial charge is 0.373 e. The molecule has 0 saturated carbocycles. The van der Waals surface area contributed by atoms with Crippen molar-refractivity contribution >= 4 is 0 Å². The Morgan fingerprint density at radius 3 is 1.80 bits per heavy atom. The van der Waals surface area contributed by atoms with Crippen molar-refractivity contribution in [2.45, 2.75) is 74.3 Å². The molecule has 30 heavy (non-hydrogen) atoms. The van der Waals surface area contributed by atoms with Crippen molar-refractivity contribution in [3.63, 3.8) is 0 Å². The molecule has 0 aromatic rings. The van der Waals surface area contributed by atoms with Crippen LogP contribution in [0.4, 0.5) is 48.3 Å². The molecule has 0 radical (unpaired) electrons. The van der Waals surface area contributed by atoms with Crippen molar-refractivity contribution in [2.24, 2.45) is 0 Å². The Morgan fingerprint density at radius 2 is 1.37 bits per heavy atom. The quantitative estimate of drug-likeness (QED) is 0.416. The van der Waals surface area contributed by atoms with Gasteiger partial charge in [-0.15, -0.1) is 0 Å². The van der Waals surface area contributed by atoms with E-state index in [-0.39, 0.29) is 13.1 Å². The fraction of sp³-hybridized carbons (Fsp3) is 1.00. The van der Waals surface area contributed by atoms with Crippen LogP contribution in [0.1, 0.15) is 25.7 Å². The molecule has 14 heteroatoms. The van der Waals surface area contributed by atoms with Gasteiger partial charge in [-0.3, -0.25) is 4.90 Å². The zero-order chi connectivity index (χ0) is 23.0. The van der Waals surface area contributed by atoms with E-state index in [9.17, 15) is 43.9 Å². The van der Waals surface area contributed by atoms with Gasteiger partial charge in [-0.1, -0.05) is 6.42 Å². The molecule has 178 valence electrons. The lowest BCUT2D eigenvalue weighted by molar-refractivity contribution is -0.325. The molecule has 0 spiro atoms. The molecule has 2 fully saturated rings. The molecule has 2 heterocycles. The molecule has 0 aromatic carbocycles. The van der Waals surface area contributed by atoms with E-state index in [1.165, 1.54) is 0 Å². The van der Waals surface area contributed by atoms with Crippen molar-refractivity contribution in [3.05, 3.63) is 0 Å². The second kappa shape index (κ2) is 8.93. The van der Waals surface area contributed by atoms with Gasteiger partial charge in [0.1, 0.15) is 6.10 Å². The summed E-state index contributed by atoms with van der Waals surface area (Å²) in [5.74, 6) is -4.95. The molecular weight excluding hydrogens is 447 g/mol. The van der Waals surface area contributed by atoms with E-state index >= 15 is 4.39 Å². The Bertz CT molecular complexity index is 556. The first-order valence-electron chi connectivity index (χ1n) is 9.06. The largest absolute Gasteiger partial charge is 0.429 e. The number of likely N-dealkylation sites (tertiary alicyclic amines) is 1. The summed E-state index contributed by atoms with van der Waals surface area (Å²) in [5.41, 5.74) is -4.56. The van der Waals surface area contributed by atoms with Crippen LogP contribution in [-0.2, 0) is 9.47 Å².